The normalized spacial score (nSPS) is 10.7. The molecule has 0 radical (unpaired) electrons. The molecule has 0 atom stereocenters. The van der Waals surface area contributed by atoms with Crippen molar-refractivity contribution in [1.82, 2.24) is 9.97 Å². The molecule has 4 heteroatoms. The van der Waals surface area contributed by atoms with Gasteiger partial charge in [0, 0.05) is 28.4 Å². The Balaban J connectivity index is 1.93. The molecular formula is C14H13N3S. The summed E-state index contributed by atoms with van der Waals surface area (Å²) in [7, 11) is 0. The molecule has 0 spiro atoms. The van der Waals surface area contributed by atoms with Crippen LogP contribution in [0, 0.1) is 0 Å². The highest BCUT2D eigenvalue weighted by atomic mass is 32.2. The topological polar surface area (TPSA) is 40.7 Å². The maximum Gasteiger partial charge on any atom is 0.139 e. The highest BCUT2D eigenvalue weighted by Crippen LogP contribution is 2.25. The molecular weight excluding hydrogens is 242 g/mol. The van der Waals surface area contributed by atoms with Gasteiger partial charge in [0.15, 0.2) is 0 Å². The molecule has 0 saturated carbocycles. The number of anilines is 2. The van der Waals surface area contributed by atoms with Gasteiger partial charge in [0.1, 0.15) is 5.65 Å². The van der Waals surface area contributed by atoms with Crippen molar-refractivity contribution >= 4 is 34.2 Å². The third kappa shape index (κ3) is 2.07. The molecule has 0 unspecified atom stereocenters. The number of pyridine rings is 1. The first kappa shape index (κ1) is 11.2. The molecule has 0 aliphatic heterocycles. The number of nitrogens with one attached hydrogen (secondary N) is 2. The van der Waals surface area contributed by atoms with E-state index in [4.69, 9.17) is 0 Å². The van der Waals surface area contributed by atoms with Crippen LogP contribution < -0.4 is 5.32 Å². The summed E-state index contributed by atoms with van der Waals surface area (Å²) in [5.74, 6) is 0. The monoisotopic (exact) mass is 255 g/mol. The van der Waals surface area contributed by atoms with Gasteiger partial charge in [0.25, 0.3) is 0 Å². The van der Waals surface area contributed by atoms with Crippen LogP contribution in [0.1, 0.15) is 0 Å². The van der Waals surface area contributed by atoms with Crippen molar-refractivity contribution in [2.75, 3.05) is 11.6 Å². The van der Waals surface area contributed by atoms with Crippen LogP contribution >= 0.6 is 11.8 Å². The van der Waals surface area contributed by atoms with Crippen LogP contribution in [0.5, 0.6) is 0 Å². The zero-order chi connectivity index (χ0) is 12.4. The SMILES string of the molecule is CSc1ccc(Nc2ccnc3[nH]ccc23)cc1. The lowest BCUT2D eigenvalue weighted by Gasteiger charge is -2.07. The minimum Gasteiger partial charge on any atom is -0.355 e. The Kier molecular flexibility index (Phi) is 2.94. The Bertz CT molecular complexity index is 658. The van der Waals surface area contributed by atoms with E-state index in [1.165, 1.54) is 4.90 Å². The number of aromatic nitrogens is 2. The van der Waals surface area contributed by atoms with E-state index >= 15 is 0 Å². The van der Waals surface area contributed by atoms with Gasteiger partial charge in [-0.05, 0) is 42.7 Å². The van der Waals surface area contributed by atoms with Gasteiger partial charge < -0.3 is 10.3 Å². The first-order valence-corrected chi connectivity index (χ1v) is 6.92. The molecule has 90 valence electrons. The number of thioether (sulfide) groups is 1. The van der Waals surface area contributed by atoms with E-state index < -0.39 is 0 Å². The summed E-state index contributed by atoms with van der Waals surface area (Å²) in [5, 5.41) is 4.52. The average Bonchev–Trinajstić information content (AvgIpc) is 2.89. The molecule has 0 amide bonds. The molecule has 3 aromatic rings. The summed E-state index contributed by atoms with van der Waals surface area (Å²) in [4.78, 5) is 8.65. The van der Waals surface area contributed by atoms with Gasteiger partial charge in [0.05, 0.1) is 5.69 Å². The van der Waals surface area contributed by atoms with E-state index in [-0.39, 0.29) is 0 Å². The van der Waals surface area contributed by atoms with Crippen molar-refractivity contribution in [1.29, 1.82) is 0 Å². The van der Waals surface area contributed by atoms with Gasteiger partial charge in [-0.25, -0.2) is 4.98 Å². The summed E-state index contributed by atoms with van der Waals surface area (Å²) in [5.41, 5.74) is 3.06. The van der Waals surface area contributed by atoms with Gasteiger partial charge in [-0.3, -0.25) is 0 Å². The van der Waals surface area contributed by atoms with Gasteiger partial charge in [-0.1, -0.05) is 0 Å². The van der Waals surface area contributed by atoms with E-state index in [0.29, 0.717) is 0 Å². The molecule has 3 nitrogen and oxygen atoms in total. The fourth-order valence-corrected chi connectivity index (χ4v) is 2.31. The second kappa shape index (κ2) is 4.74. The molecule has 18 heavy (non-hydrogen) atoms. The Morgan fingerprint density at radius 1 is 1.11 bits per heavy atom. The number of aromatic amines is 1. The highest BCUT2D eigenvalue weighted by Gasteiger charge is 2.02. The zero-order valence-electron chi connectivity index (χ0n) is 9.97. The van der Waals surface area contributed by atoms with Crippen molar-refractivity contribution in [3.8, 4) is 0 Å². The van der Waals surface area contributed by atoms with Crippen LogP contribution in [0.2, 0.25) is 0 Å². The van der Waals surface area contributed by atoms with Crippen LogP contribution in [0.3, 0.4) is 0 Å². The third-order valence-electron chi connectivity index (χ3n) is 2.83. The van der Waals surface area contributed by atoms with Crippen molar-refractivity contribution in [2.45, 2.75) is 4.90 Å². The first-order chi connectivity index (χ1) is 8.86. The maximum absolute atomic E-state index is 4.27. The smallest absolute Gasteiger partial charge is 0.139 e. The standard InChI is InChI=1S/C14H13N3S/c1-18-11-4-2-10(3-5-11)17-13-7-9-16-14-12(13)6-8-15-14/h2-9H,1H3,(H2,15,16,17). The summed E-state index contributed by atoms with van der Waals surface area (Å²) in [6.45, 7) is 0. The summed E-state index contributed by atoms with van der Waals surface area (Å²) < 4.78 is 0. The Labute approximate surface area is 110 Å². The Morgan fingerprint density at radius 2 is 1.94 bits per heavy atom. The maximum atomic E-state index is 4.27. The number of hydrogen-bond acceptors (Lipinski definition) is 3. The largest absolute Gasteiger partial charge is 0.355 e. The highest BCUT2D eigenvalue weighted by molar-refractivity contribution is 7.98. The predicted octanol–water partition coefficient (Wildman–Crippen LogP) is 4.03. The van der Waals surface area contributed by atoms with Crippen LogP contribution in [0.15, 0.2) is 53.7 Å². The third-order valence-corrected chi connectivity index (χ3v) is 3.57. The Morgan fingerprint density at radius 3 is 2.72 bits per heavy atom. The number of H-pyrrole nitrogens is 1. The fourth-order valence-electron chi connectivity index (χ4n) is 1.90. The summed E-state index contributed by atoms with van der Waals surface area (Å²) in [6, 6.07) is 12.4. The molecule has 3 rings (SSSR count). The molecule has 0 aliphatic carbocycles. The first-order valence-electron chi connectivity index (χ1n) is 5.70. The van der Waals surface area contributed by atoms with Gasteiger partial charge >= 0.3 is 0 Å². The van der Waals surface area contributed by atoms with Crippen molar-refractivity contribution < 1.29 is 0 Å². The quantitative estimate of drug-likeness (QED) is 0.694. The van der Waals surface area contributed by atoms with Crippen molar-refractivity contribution in [3.63, 3.8) is 0 Å². The van der Waals surface area contributed by atoms with Crippen LogP contribution in [0.4, 0.5) is 11.4 Å². The minimum absolute atomic E-state index is 0.903. The molecule has 2 heterocycles. The lowest BCUT2D eigenvalue weighted by atomic mass is 10.2. The molecule has 1 aromatic carbocycles. The van der Waals surface area contributed by atoms with Gasteiger partial charge in [-0.2, -0.15) is 0 Å². The van der Waals surface area contributed by atoms with E-state index in [1.54, 1.807) is 18.0 Å². The molecule has 2 N–H and O–H groups in total. The van der Waals surface area contributed by atoms with E-state index in [0.717, 1.165) is 22.4 Å². The second-order valence-electron chi connectivity index (χ2n) is 3.95. The number of nitrogens with zero attached hydrogens (tertiary/aromatic N) is 1. The number of benzene rings is 1. The summed E-state index contributed by atoms with van der Waals surface area (Å²) >= 11 is 1.74. The molecule has 0 bridgehead atoms. The van der Waals surface area contributed by atoms with Crippen LogP contribution in [-0.2, 0) is 0 Å². The molecule has 0 aliphatic rings. The van der Waals surface area contributed by atoms with E-state index in [1.807, 2.05) is 18.3 Å². The molecule has 2 aromatic heterocycles. The number of hydrogen-bond donors (Lipinski definition) is 2. The Hall–Kier alpha value is -1.94. The van der Waals surface area contributed by atoms with Gasteiger partial charge in [-0.15, -0.1) is 11.8 Å². The molecule has 0 fully saturated rings. The van der Waals surface area contributed by atoms with Crippen LogP contribution in [-0.4, -0.2) is 16.2 Å². The number of fused-ring (bicyclic) bond motifs is 1. The molecule has 0 saturated heterocycles. The lowest BCUT2D eigenvalue weighted by Crippen LogP contribution is -1.91. The van der Waals surface area contributed by atoms with Gasteiger partial charge in [0.2, 0.25) is 0 Å². The zero-order valence-corrected chi connectivity index (χ0v) is 10.8. The van der Waals surface area contributed by atoms with E-state index in [9.17, 15) is 0 Å². The fraction of sp³-hybridized carbons (Fsp3) is 0.0714. The van der Waals surface area contributed by atoms with E-state index in [2.05, 4.69) is 45.8 Å². The minimum atomic E-state index is 0.903. The second-order valence-corrected chi connectivity index (χ2v) is 4.83. The van der Waals surface area contributed by atoms with Crippen LogP contribution in [0.25, 0.3) is 11.0 Å². The van der Waals surface area contributed by atoms with Crippen molar-refractivity contribution in [2.24, 2.45) is 0 Å². The van der Waals surface area contributed by atoms with Crippen molar-refractivity contribution in [3.05, 3.63) is 48.8 Å². The average molecular weight is 255 g/mol. The lowest BCUT2D eigenvalue weighted by molar-refractivity contribution is 1.32. The number of rotatable bonds is 3. The summed E-state index contributed by atoms with van der Waals surface area (Å²) in [6.07, 6.45) is 5.78. The predicted molar refractivity (Wildman–Crippen MR) is 77.6 cm³/mol.